The number of carbonyl (C=O) groups excluding carboxylic acids is 1. The minimum absolute atomic E-state index is 0.0762. The van der Waals surface area contributed by atoms with Crippen molar-refractivity contribution >= 4 is 5.78 Å². The third-order valence-electron chi connectivity index (χ3n) is 3.00. The second-order valence-corrected chi connectivity index (χ2v) is 4.23. The van der Waals surface area contributed by atoms with Crippen molar-refractivity contribution < 1.29 is 4.79 Å². The van der Waals surface area contributed by atoms with E-state index in [2.05, 4.69) is 5.10 Å². The van der Waals surface area contributed by atoms with Crippen LogP contribution in [0.25, 0.3) is 11.3 Å². The van der Waals surface area contributed by atoms with Gasteiger partial charge in [-0.25, -0.2) is 0 Å². The van der Waals surface area contributed by atoms with Gasteiger partial charge in [0.05, 0.1) is 12.2 Å². The third kappa shape index (κ3) is 1.28. The molecule has 0 aliphatic carbocycles. The van der Waals surface area contributed by atoms with Crippen LogP contribution in [-0.2, 0) is 6.54 Å². The van der Waals surface area contributed by atoms with Crippen LogP contribution in [-0.4, -0.2) is 15.6 Å². The quantitative estimate of drug-likeness (QED) is 0.727. The summed E-state index contributed by atoms with van der Waals surface area (Å²) in [6.07, 6.45) is 0. The highest BCUT2D eigenvalue weighted by molar-refractivity contribution is 5.98. The largest absolute Gasteiger partial charge is 0.292 e. The van der Waals surface area contributed by atoms with Gasteiger partial charge in [0.25, 0.3) is 0 Å². The number of nitrogens with zero attached hydrogens (tertiary/aromatic N) is 2. The Kier molecular flexibility index (Phi) is 1.93. The summed E-state index contributed by atoms with van der Waals surface area (Å²) < 4.78 is 1.81. The fourth-order valence-corrected chi connectivity index (χ4v) is 2.10. The average molecular weight is 212 g/mol. The second-order valence-electron chi connectivity index (χ2n) is 4.23. The molecule has 0 saturated heterocycles. The number of hydrogen-bond donors (Lipinski definition) is 0. The number of aromatic nitrogens is 2. The van der Waals surface area contributed by atoms with E-state index in [0.29, 0.717) is 6.54 Å². The third-order valence-corrected chi connectivity index (χ3v) is 3.00. The van der Waals surface area contributed by atoms with Crippen molar-refractivity contribution in [1.82, 2.24) is 9.78 Å². The van der Waals surface area contributed by atoms with Crippen LogP contribution in [0.4, 0.5) is 0 Å². The molecule has 0 fully saturated rings. The summed E-state index contributed by atoms with van der Waals surface area (Å²) in [5, 5.41) is 4.46. The molecule has 0 saturated carbocycles. The molecular weight excluding hydrogens is 200 g/mol. The zero-order valence-electron chi connectivity index (χ0n) is 9.05. The van der Waals surface area contributed by atoms with Gasteiger partial charge in [-0.15, -0.1) is 0 Å². The lowest BCUT2D eigenvalue weighted by Crippen LogP contribution is -2.04. The van der Waals surface area contributed by atoms with E-state index in [0.717, 1.165) is 17.0 Å². The Balaban J connectivity index is 2.06. The van der Waals surface area contributed by atoms with E-state index >= 15 is 0 Å². The molecule has 1 aliphatic rings. The van der Waals surface area contributed by atoms with Crippen LogP contribution in [0.5, 0.6) is 0 Å². The van der Waals surface area contributed by atoms with Crippen LogP contribution in [0.3, 0.4) is 0 Å². The first-order chi connectivity index (χ1) is 7.75. The topological polar surface area (TPSA) is 34.9 Å². The molecule has 0 N–H and O–H groups in total. The van der Waals surface area contributed by atoms with E-state index < -0.39 is 0 Å². The summed E-state index contributed by atoms with van der Waals surface area (Å²) in [5.74, 6) is 0.280. The molecule has 3 heteroatoms. The molecule has 2 heterocycles. The van der Waals surface area contributed by atoms with Gasteiger partial charge < -0.3 is 0 Å². The van der Waals surface area contributed by atoms with Gasteiger partial charge in [-0.1, -0.05) is 37.3 Å². The molecule has 1 unspecified atom stereocenters. The molecule has 0 radical (unpaired) electrons. The van der Waals surface area contributed by atoms with Gasteiger partial charge >= 0.3 is 0 Å². The first-order valence-electron chi connectivity index (χ1n) is 5.43. The summed E-state index contributed by atoms with van der Waals surface area (Å²) >= 11 is 0. The zero-order valence-corrected chi connectivity index (χ0v) is 9.05. The highest BCUT2D eigenvalue weighted by Gasteiger charge is 2.28. The molecule has 0 spiro atoms. The molecule has 2 aromatic rings. The smallest absolute Gasteiger partial charge is 0.185 e. The van der Waals surface area contributed by atoms with Crippen LogP contribution in [0, 0.1) is 5.92 Å². The number of fused-ring (bicyclic) bond motifs is 1. The average Bonchev–Trinajstić information content (AvgIpc) is 2.82. The van der Waals surface area contributed by atoms with Crippen LogP contribution in [0.2, 0.25) is 0 Å². The number of rotatable bonds is 1. The normalized spacial score (nSPS) is 18.8. The summed E-state index contributed by atoms with van der Waals surface area (Å²) in [7, 11) is 0. The number of ketones is 1. The molecule has 3 nitrogen and oxygen atoms in total. The molecule has 80 valence electrons. The Morgan fingerprint density at radius 3 is 2.75 bits per heavy atom. The van der Waals surface area contributed by atoms with Gasteiger partial charge in [0, 0.05) is 11.5 Å². The molecule has 1 aromatic heterocycles. The lowest BCUT2D eigenvalue weighted by molar-refractivity contribution is 0.0946. The van der Waals surface area contributed by atoms with E-state index in [1.807, 2.05) is 48.0 Å². The van der Waals surface area contributed by atoms with Crippen LogP contribution >= 0.6 is 0 Å². The first kappa shape index (κ1) is 9.33. The van der Waals surface area contributed by atoms with Gasteiger partial charge in [-0.05, 0) is 6.07 Å². The van der Waals surface area contributed by atoms with Gasteiger partial charge in [-0.2, -0.15) is 5.10 Å². The van der Waals surface area contributed by atoms with Crippen molar-refractivity contribution in [2.75, 3.05) is 0 Å². The van der Waals surface area contributed by atoms with Crippen molar-refractivity contribution in [3.63, 3.8) is 0 Å². The minimum atomic E-state index is 0.0762. The second kappa shape index (κ2) is 3.30. The van der Waals surface area contributed by atoms with E-state index in [4.69, 9.17) is 0 Å². The van der Waals surface area contributed by atoms with Crippen LogP contribution in [0.15, 0.2) is 36.4 Å². The monoisotopic (exact) mass is 212 g/mol. The molecule has 0 bridgehead atoms. The Bertz CT molecular complexity index is 542. The van der Waals surface area contributed by atoms with Gasteiger partial charge in [0.1, 0.15) is 5.69 Å². The molecule has 3 rings (SSSR count). The molecular formula is C13H12N2O. The summed E-state index contributed by atoms with van der Waals surface area (Å²) in [5.41, 5.74) is 2.69. The highest BCUT2D eigenvalue weighted by Crippen LogP contribution is 2.25. The van der Waals surface area contributed by atoms with Gasteiger partial charge in [-0.3, -0.25) is 9.48 Å². The van der Waals surface area contributed by atoms with Gasteiger partial charge in [0.2, 0.25) is 0 Å². The van der Waals surface area contributed by atoms with Crippen molar-refractivity contribution in [1.29, 1.82) is 0 Å². The number of hydrogen-bond acceptors (Lipinski definition) is 2. The van der Waals surface area contributed by atoms with E-state index in [1.54, 1.807) is 0 Å². The zero-order chi connectivity index (χ0) is 11.1. The summed E-state index contributed by atoms with van der Waals surface area (Å²) in [6, 6.07) is 11.8. The van der Waals surface area contributed by atoms with E-state index in [9.17, 15) is 4.79 Å². The maximum absolute atomic E-state index is 11.8. The molecule has 1 atom stereocenters. The Hall–Kier alpha value is -1.90. The van der Waals surface area contributed by atoms with Gasteiger partial charge in [0.15, 0.2) is 5.78 Å². The fourth-order valence-electron chi connectivity index (χ4n) is 2.10. The standard InChI is InChI=1S/C13H12N2O/c1-9-8-15-12(13(9)16)7-11(14-15)10-5-3-2-4-6-10/h2-7,9H,8H2,1H3. The number of carbonyl (C=O) groups is 1. The fraction of sp³-hybridized carbons (Fsp3) is 0.231. The number of benzene rings is 1. The van der Waals surface area contributed by atoms with Crippen molar-refractivity contribution in [2.24, 2.45) is 5.92 Å². The summed E-state index contributed by atoms with van der Waals surface area (Å²) in [6.45, 7) is 2.65. The lowest BCUT2D eigenvalue weighted by atomic mass is 10.1. The van der Waals surface area contributed by atoms with E-state index in [-0.39, 0.29) is 11.7 Å². The first-order valence-corrected chi connectivity index (χ1v) is 5.43. The Morgan fingerprint density at radius 1 is 1.31 bits per heavy atom. The van der Waals surface area contributed by atoms with Crippen molar-refractivity contribution in [2.45, 2.75) is 13.5 Å². The predicted octanol–water partition coefficient (Wildman–Crippen LogP) is 2.38. The maximum Gasteiger partial charge on any atom is 0.185 e. The SMILES string of the molecule is CC1Cn2nc(-c3ccccc3)cc2C1=O. The maximum atomic E-state index is 11.8. The summed E-state index contributed by atoms with van der Waals surface area (Å²) in [4.78, 5) is 11.8. The Morgan fingerprint density at radius 2 is 2.06 bits per heavy atom. The van der Waals surface area contributed by atoms with E-state index in [1.165, 1.54) is 0 Å². The number of Topliss-reactive ketones (excluding diaryl/α,β-unsaturated/α-hetero) is 1. The highest BCUT2D eigenvalue weighted by atomic mass is 16.1. The molecule has 16 heavy (non-hydrogen) atoms. The van der Waals surface area contributed by atoms with Crippen LogP contribution in [0.1, 0.15) is 17.4 Å². The minimum Gasteiger partial charge on any atom is -0.292 e. The van der Waals surface area contributed by atoms with Crippen LogP contribution < -0.4 is 0 Å². The molecule has 0 amide bonds. The van der Waals surface area contributed by atoms with Crippen molar-refractivity contribution in [3.05, 3.63) is 42.1 Å². The lowest BCUT2D eigenvalue weighted by Gasteiger charge is -1.98. The Labute approximate surface area is 93.7 Å². The molecule has 1 aliphatic heterocycles. The molecule has 1 aromatic carbocycles. The predicted molar refractivity (Wildman–Crippen MR) is 61.2 cm³/mol. The van der Waals surface area contributed by atoms with Crippen molar-refractivity contribution in [3.8, 4) is 11.3 Å².